The van der Waals surface area contributed by atoms with Gasteiger partial charge in [-0.1, -0.05) is 0 Å². The van der Waals surface area contributed by atoms with Crippen molar-refractivity contribution in [2.75, 3.05) is 0 Å². The van der Waals surface area contributed by atoms with Crippen molar-refractivity contribution in [2.24, 2.45) is 0 Å². The van der Waals surface area contributed by atoms with Crippen LogP contribution in [0.5, 0.6) is 0 Å². The molecule has 0 aliphatic rings. The van der Waals surface area contributed by atoms with E-state index in [2.05, 4.69) is 0 Å². The van der Waals surface area contributed by atoms with Crippen LogP contribution in [0, 0.1) is 0 Å². The van der Waals surface area contributed by atoms with E-state index in [0.29, 0.717) is 0 Å². The Labute approximate surface area is 80.8 Å². The fourth-order valence-corrected chi connectivity index (χ4v) is 0. The predicted octanol–water partition coefficient (Wildman–Crippen LogP) is -1.19. The summed E-state index contributed by atoms with van der Waals surface area (Å²) in [5.41, 5.74) is 0. The maximum atomic E-state index is 0. The van der Waals surface area contributed by atoms with Crippen LogP contribution in [-0.2, 0) is 64.7 Å². The molecule has 0 fully saturated rings. The second-order valence-electron chi connectivity index (χ2n) is 0. The van der Waals surface area contributed by atoms with Gasteiger partial charge in [0.1, 0.15) is 0 Å². The molecule has 4 heavy (non-hydrogen) atoms. The molecular weight excluding hydrogens is 357 g/mol. The van der Waals surface area contributed by atoms with Crippen LogP contribution < -0.4 is 0 Å². The fraction of sp³-hybridized carbons (Fsp3) is 0. The van der Waals surface area contributed by atoms with Gasteiger partial charge in [0.05, 0.1) is 0 Å². The minimum Gasteiger partial charge on any atom is 0 e. The molecule has 0 amide bonds. The quantitative estimate of drug-likeness (QED) is 0.477. The Balaban J connectivity index is 0. The van der Waals surface area contributed by atoms with E-state index >= 15 is 0 Å². The van der Waals surface area contributed by atoms with E-state index in [4.69, 9.17) is 0 Å². The van der Waals surface area contributed by atoms with E-state index in [0.717, 1.165) is 0 Å². The maximum absolute atomic E-state index is 0. The number of rotatable bonds is 0. The molecule has 0 saturated carbocycles. The number of hydrogen-bond donors (Lipinski definition) is 0. The van der Waals surface area contributed by atoms with Gasteiger partial charge in [-0.2, -0.15) is 0 Å². The zero-order valence-corrected chi connectivity index (χ0v) is 8.04. The molecule has 0 nitrogen and oxygen atoms in total. The molecular formula is H3AlHfNbNi. The number of hydrogen-bond acceptors (Lipinski definition) is 0. The zero-order chi connectivity index (χ0) is 0. The summed E-state index contributed by atoms with van der Waals surface area (Å²) in [6, 6.07) is 0. The molecule has 0 aliphatic carbocycles. The van der Waals surface area contributed by atoms with E-state index in [1.165, 1.54) is 0 Å². The van der Waals surface area contributed by atoms with Crippen molar-refractivity contribution in [2.45, 2.75) is 0 Å². The third kappa shape index (κ3) is 8.82. The van der Waals surface area contributed by atoms with Crippen LogP contribution in [0.15, 0.2) is 0 Å². The van der Waals surface area contributed by atoms with E-state index in [9.17, 15) is 0 Å². The first-order valence-corrected chi connectivity index (χ1v) is 0. The van der Waals surface area contributed by atoms with Crippen molar-refractivity contribution in [3.05, 3.63) is 0 Å². The van der Waals surface area contributed by atoms with Gasteiger partial charge in [0.2, 0.25) is 0 Å². The molecule has 1 radical (unpaired) electrons. The summed E-state index contributed by atoms with van der Waals surface area (Å²) >= 11 is 0. The SMILES string of the molecule is [AlH3].[Hf].[Nb].[Ni]. The Hall–Kier alpha value is 2.64. The van der Waals surface area contributed by atoms with Crippen molar-refractivity contribution in [1.82, 2.24) is 0 Å². The van der Waals surface area contributed by atoms with Crippen molar-refractivity contribution in [1.29, 1.82) is 0 Å². The van der Waals surface area contributed by atoms with Crippen molar-refractivity contribution in [3.63, 3.8) is 0 Å². The molecule has 25 valence electrons. The van der Waals surface area contributed by atoms with Crippen LogP contribution in [0.25, 0.3) is 0 Å². The van der Waals surface area contributed by atoms with Crippen LogP contribution in [0.4, 0.5) is 0 Å². The summed E-state index contributed by atoms with van der Waals surface area (Å²) in [6.07, 6.45) is 0. The van der Waals surface area contributed by atoms with Crippen LogP contribution in [0.3, 0.4) is 0 Å². The van der Waals surface area contributed by atoms with Crippen molar-refractivity contribution >= 4 is 17.4 Å². The van der Waals surface area contributed by atoms with E-state index in [-0.39, 0.29) is 82.1 Å². The van der Waals surface area contributed by atoms with Gasteiger partial charge in [-0.15, -0.1) is 0 Å². The van der Waals surface area contributed by atoms with Crippen LogP contribution in [0.1, 0.15) is 0 Å². The second kappa shape index (κ2) is 17.4. The molecule has 4 heteroatoms. The first kappa shape index (κ1) is 30.3. The Morgan fingerprint density at radius 3 is 1.00 bits per heavy atom. The van der Waals surface area contributed by atoms with E-state index in [1.54, 1.807) is 0 Å². The molecule has 0 N–H and O–H groups in total. The predicted molar refractivity (Wildman–Crippen MR) is 9.94 cm³/mol. The average molecular weight is 360 g/mol. The third-order valence-corrected chi connectivity index (χ3v) is 0. The molecule has 0 bridgehead atoms. The first-order chi connectivity index (χ1) is 0. The minimum atomic E-state index is 0. The molecule has 0 spiro atoms. The van der Waals surface area contributed by atoms with Gasteiger partial charge in [-0.3, -0.25) is 0 Å². The fourth-order valence-electron chi connectivity index (χ4n) is 0. The summed E-state index contributed by atoms with van der Waals surface area (Å²) in [7, 11) is 0. The van der Waals surface area contributed by atoms with Crippen molar-refractivity contribution < 1.29 is 64.7 Å². The maximum Gasteiger partial charge on any atom is 0.187 e. The normalized spacial score (nSPS) is 0. The molecule has 0 aromatic carbocycles. The molecule has 0 aliphatic heterocycles. The molecule has 0 unspecified atom stereocenters. The van der Waals surface area contributed by atoms with Gasteiger partial charge in [-0.05, 0) is 0 Å². The Morgan fingerprint density at radius 1 is 1.00 bits per heavy atom. The zero-order valence-electron chi connectivity index (χ0n) is 1.26. The summed E-state index contributed by atoms with van der Waals surface area (Å²) in [6.45, 7) is 0. The molecule has 0 rings (SSSR count). The van der Waals surface area contributed by atoms with Crippen LogP contribution in [-0.4, -0.2) is 17.4 Å². The Bertz CT molecular complexity index is 8.00. The third-order valence-electron chi connectivity index (χ3n) is 0. The van der Waals surface area contributed by atoms with Crippen molar-refractivity contribution in [3.8, 4) is 0 Å². The topological polar surface area (TPSA) is 0 Å². The minimum absolute atomic E-state index is 0. The Morgan fingerprint density at radius 2 is 1.00 bits per heavy atom. The standard InChI is InChI=1S/Al.Hf.Nb.Ni.3H. The first-order valence-electron chi connectivity index (χ1n) is 0. The molecule has 0 atom stereocenters. The summed E-state index contributed by atoms with van der Waals surface area (Å²) in [5, 5.41) is 0. The molecule has 0 heterocycles. The molecule has 0 aromatic heterocycles. The Kier molecular flexibility index (Phi) is 132. The van der Waals surface area contributed by atoms with E-state index < -0.39 is 0 Å². The van der Waals surface area contributed by atoms with E-state index in [1.807, 2.05) is 0 Å². The molecule has 0 aromatic rings. The van der Waals surface area contributed by atoms with Gasteiger partial charge in [0.25, 0.3) is 0 Å². The van der Waals surface area contributed by atoms with Gasteiger partial charge in [0, 0.05) is 64.7 Å². The van der Waals surface area contributed by atoms with Crippen LogP contribution >= 0.6 is 0 Å². The molecule has 0 saturated heterocycles. The van der Waals surface area contributed by atoms with Gasteiger partial charge < -0.3 is 0 Å². The van der Waals surface area contributed by atoms with Gasteiger partial charge >= 0.3 is 0 Å². The second-order valence-corrected chi connectivity index (χ2v) is 0. The summed E-state index contributed by atoms with van der Waals surface area (Å²) in [5.74, 6) is 0. The smallest absolute Gasteiger partial charge is 0 e. The van der Waals surface area contributed by atoms with Gasteiger partial charge in [0.15, 0.2) is 17.4 Å². The largest absolute Gasteiger partial charge is 0.187 e. The summed E-state index contributed by atoms with van der Waals surface area (Å²) in [4.78, 5) is 0. The van der Waals surface area contributed by atoms with Gasteiger partial charge in [-0.25, -0.2) is 0 Å². The monoisotopic (exact) mass is 361 g/mol. The summed E-state index contributed by atoms with van der Waals surface area (Å²) < 4.78 is 0. The van der Waals surface area contributed by atoms with Crippen LogP contribution in [0.2, 0.25) is 0 Å². The average Bonchev–Trinajstić information content (AvgIpc) is 0.